The van der Waals surface area contributed by atoms with Crippen molar-refractivity contribution in [2.24, 2.45) is 0 Å². The molecule has 1 fully saturated rings. The van der Waals surface area contributed by atoms with E-state index in [2.05, 4.69) is 28.5 Å². The topological polar surface area (TPSA) is 61.4 Å². The molecule has 0 radical (unpaired) electrons. The predicted octanol–water partition coefficient (Wildman–Crippen LogP) is 5.83. The molecule has 2 unspecified atom stereocenters. The fraction of sp³-hybridized carbons (Fsp3) is 0.355. The smallest absolute Gasteiger partial charge is 0.369 e. The van der Waals surface area contributed by atoms with Crippen molar-refractivity contribution in [2.75, 3.05) is 24.5 Å². The van der Waals surface area contributed by atoms with Gasteiger partial charge >= 0.3 is 6.18 Å². The van der Waals surface area contributed by atoms with Crippen molar-refractivity contribution >= 4 is 17.5 Å². The number of rotatable bonds is 8. The fourth-order valence-electron chi connectivity index (χ4n) is 5.80. The van der Waals surface area contributed by atoms with Gasteiger partial charge in [0.2, 0.25) is 5.91 Å². The van der Waals surface area contributed by atoms with Gasteiger partial charge in [0.25, 0.3) is 5.91 Å². The number of alkyl halides is 3. The number of carbonyl (C=O) groups is 2. The largest absolute Gasteiger partial charge is 0.405 e. The van der Waals surface area contributed by atoms with E-state index >= 15 is 0 Å². The van der Waals surface area contributed by atoms with Crippen LogP contribution in [0.4, 0.5) is 18.9 Å². The second kappa shape index (κ2) is 11.1. The molecular weight excluding hydrogens is 503 g/mol. The van der Waals surface area contributed by atoms with Crippen molar-refractivity contribution in [1.82, 2.24) is 10.6 Å². The maximum absolute atomic E-state index is 13.3. The maximum Gasteiger partial charge on any atom is 0.405 e. The van der Waals surface area contributed by atoms with Crippen LogP contribution in [0.15, 0.2) is 66.7 Å². The second-order valence-electron chi connectivity index (χ2n) is 10.3. The molecule has 3 aromatic rings. The number of anilines is 1. The summed E-state index contributed by atoms with van der Waals surface area (Å²) in [5.74, 6) is -1.55. The minimum Gasteiger partial charge on any atom is -0.369 e. The van der Waals surface area contributed by atoms with E-state index in [0.29, 0.717) is 18.5 Å². The van der Waals surface area contributed by atoms with Gasteiger partial charge in [0.1, 0.15) is 6.54 Å². The Morgan fingerprint density at radius 3 is 2.46 bits per heavy atom. The molecule has 1 saturated heterocycles. The summed E-state index contributed by atoms with van der Waals surface area (Å²) in [6.45, 7) is 2.08. The number of hydrogen-bond donors (Lipinski definition) is 2. The molecule has 2 atom stereocenters. The molecule has 3 aromatic carbocycles. The number of amides is 2. The van der Waals surface area contributed by atoms with Gasteiger partial charge in [-0.15, -0.1) is 0 Å². The number of nitrogens with zero attached hydrogens (tertiary/aromatic N) is 1. The van der Waals surface area contributed by atoms with Gasteiger partial charge in [-0.1, -0.05) is 61.9 Å². The highest BCUT2D eigenvalue weighted by Crippen LogP contribution is 2.49. The molecule has 0 aromatic heterocycles. The lowest BCUT2D eigenvalue weighted by Gasteiger charge is -2.26. The number of unbranched alkanes of at least 4 members (excludes halogenated alkanes) is 1. The first-order chi connectivity index (χ1) is 18.8. The molecule has 5 rings (SSSR count). The van der Waals surface area contributed by atoms with Crippen molar-refractivity contribution in [2.45, 2.75) is 50.7 Å². The molecule has 204 valence electrons. The maximum atomic E-state index is 13.3. The molecule has 1 aliphatic carbocycles. The lowest BCUT2D eigenvalue weighted by atomic mass is 9.88. The van der Waals surface area contributed by atoms with Crippen LogP contribution in [-0.2, 0) is 11.2 Å². The first-order valence-corrected chi connectivity index (χ1v) is 13.5. The van der Waals surface area contributed by atoms with E-state index in [1.807, 2.05) is 48.5 Å². The van der Waals surface area contributed by atoms with Crippen LogP contribution in [-0.4, -0.2) is 43.7 Å². The summed E-state index contributed by atoms with van der Waals surface area (Å²) in [6.07, 6.45) is -1.17. The Balaban J connectivity index is 1.47. The highest BCUT2D eigenvalue weighted by molar-refractivity contribution is 5.98. The quantitative estimate of drug-likeness (QED) is 0.382. The van der Waals surface area contributed by atoms with Crippen LogP contribution in [0, 0.1) is 0 Å². The Morgan fingerprint density at radius 1 is 0.974 bits per heavy atom. The number of nitrogens with one attached hydrogen (secondary N) is 2. The average Bonchev–Trinajstić information content (AvgIpc) is 3.53. The van der Waals surface area contributed by atoms with Crippen molar-refractivity contribution < 1.29 is 22.8 Å². The van der Waals surface area contributed by atoms with Gasteiger partial charge < -0.3 is 15.5 Å². The summed E-state index contributed by atoms with van der Waals surface area (Å²) in [6, 6.07) is 20.6. The fourth-order valence-corrected chi connectivity index (χ4v) is 5.80. The highest BCUT2D eigenvalue weighted by Gasteiger charge is 2.39. The minimum absolute atomic E-state index is 0.0342. The third-order valence-corrected chi connectivity index (χ3v) is 7.59. The zero-order valence-corrected chi connectivity index (χ0v) is 21.9. The Hall–Kier alpha value is -3.81. The van der Waals surface area contributed by atoms with E-state index in [9.17, 15) is 22.8 Å². The minimum atomic E-state index is -4.49. The molecule has 5 nitrogen and oxygen atoms in total. The van der Waals surface area contributed by atoms with Crippen LogP contribution in [0.25, 0.3) is 11.1 Å². The van der Waals surface area contributed by atoms with Gasteiger partial charge in [-0.3, -0.25) is 9.59 Å². The van der Waals surface area contributed by atoms with Crippen LogP contribution < -0.4 is 15.5 Å². The number of fused-ring (bicyclic) bond motifs is 3. The summed E-state index contributed by atoms with van der Waals surface area (Å²) in [4.78, 5) is 28.3. The third kappa shape index (κ3) is 5.65. The van der Waals surface area contributed by atoms with E-state index in [1.165, 1.54) is 0 Å². The Bertz CT molecular complexity index is 1360. The van der Waals surface area contributed by atoms with Gasteiger partial charge in [-0.05, 0) is 65.3 Å². The monoisotopic (exact) mass is 535 g/mol. The van der Waals surface area contributed by atoms with E-state index in [-0.39, 0.29) is 11.9 Å². The van der Waals surface area contributed by atoms with Crippen LogP contribution >= 0.6 is 0 Å². The molecule has 2 aliphatic rings. The van der Waals surface area contributed by atoms with Crippen LogP contribution in [0.3, 0.4) is 0 Å². The van der Waals surface area contributed by atoms with Gasteiger partial charge in [0, 0.05) is 30.4 Å². The van der Waals surface area contributed by atoms with E-state index < -0.39 is 24.5 Å². The van der Waals surface area contributed by atoms with Crippen LogP contribution in [0.1, 0.15) is 59.2 Å². The Morgan fingerprint density at radius 2 is 1.72 bits per heavy atom. The SMILES string of the molecule is CCCCc1c(N2CCC(NC(=O)c3ccccc3)C2)ccc2c1C(C(=O)NCC(F)(F)F)c1ccccc1-2. The number of benzene rings is 3. The van der Waals surface area contributed by atoms with Gasteiger partial charge in [0.15, 0.2) is 0 Å². The Kier molecular flexibility index (Phi) is 7.64. The van der Waals surface area contributed by atoms with Gasteiger partial charge in [-0.25, -0.2) is 0 Å². The summed E-state index contributed by atoms with van der Waals surface area (Å²) in [5, 5.41) is 5.27. The number of halogens is 3. The zero-order chi connectivity index (χ0) is 27.6. The lowest BCUT2D eigenvalue weighted by molar-refractivity contribution is -0.138. The van der Waals surface area contributed by atoms with Crippen molar-refractivity contribution in [3.63, 3.8) is 0 Å². The van der Waals surface area contributed by atoms with Crippen LogP contribution in [0.2, 0.25) is 0 Å². The standard InChI is InChI=1S/C31H32F3N3O2/c1-2-3-11-25-26(37-17-16-21(18-37)36-29(38)20-9-5-4-6-10-20)15-14-24-22-12-7-8-13-23(22)28(27(24)25)30(39)35-19-31(32,33)34/h4-10,12-15,21,28H,2-3,11,16-19H2,1H3,(H,35,39)(H,36,38). The summed E-state index contributed by atoms with van der Waals surface area (Å²) in [7, 11) is 0. The summed E-state index contributed by atoms with van der Waals surface area (Å²) >= 11 is 0. The molecule has 1 aliphatic heterocycles. The molecule has 1 heterocycles. The van der Waals surface area contributed by atoms with Crippen molar-refractivity contribution in [3.05, 3.63) is 89.0 Å². The Labute approximate surface area is 226 Å². The van der Waals surface area contributed by atoms with E-state index in [1.54, 1.807) is 12.1 Å². The molecular formula is C31H32F3N3O2. The molecule has 8 heteroatoms. The summed E-state index contributed by atoms with van der Waals surface area (Å²) < 4.78 is 39.0. The van der Waals surface area contributed by atoms with Crippen molar-refractivity contribution in [1.29, 1.82) is 0 Å². The van der Waals surface area contributed by atoms with Crippen LogP contribution in [0.5, 0.6) is 0 Å². The predicted molar refractivity (Wildman–Crippen MR) is 146 cm³/mol. The van der Waals surface area contributed by atoms with Gasteiger partial charge in [0.05, 0.1) is 5.92 Å². The molecule has 2 amide bonds. The molecule has 0 bridgehead atoms. The summed E-state index contributed by atoms with van der Waals surface area (Å²) in [5.41, 5.74) is 5.93. The van der Waals surface area contributed by atoms with Crippen molar-refractivity contribution in [3.8, 4) is 11.1 Å². The van der Waals surface area contributed by atoms with E-state index in [0.717, 1.165) is 59.3 Å². The number of carbonyl (C=O) groups excluding carboxylic acids is 2. The normalized spacial score (nSPS) is 18.0. The third-order valence-electron chi connectivity index (χ3n) is 7.59. The molecule has 39 heavy (non-hydrogen) atoms. The highest BCUT2D eigenvalue weighted by atomic mass is 19.4. The molecule has 0 saturated carbocycles. The number of hydrogen-bond acceptors (Lipinski definition) is 3. The first kappa shape index (κ1) is 26.8. The molecule has 0 spiro atoms. The lowest BCUT2D eigenvalue weighted by Crippen LogP contribution is -2.37. The van der Waals surface area contributed by atoms with Gasteiger partial charge in [-0.2, -0.15) is 13.2 Å². The zero-order valence-electron chi connectivity index (χ0n) is 21.9. The second-order valence-corrected chi connectivity index (χ2v) is 10.3. The first-order valence-electron chi connectivity index (χ1n) is 13.5. The average molecular weight is 536 g/mol. The van der Waals surface area contributed by atoms with E-state index in [4.69, 9.17) is 0 Å². The molecule has 2 N–H and O–H groups in total.